The van der Waals surface area contributed by atoms with Crippen LogP contribution in [-0.4, -0.2) is 42.0 Å². The van der Waals surface area contributed by atoms with Crippen LogP contribution in [0.1, 0.15) is 42.5 Å². The average Bonchev–Trinajstić information content (AvgIpc) is 3.06. The summed E-state index contributed by atoms with van der Waals surface area (Å²) in [6.07, 6.45) is 6.71. The van der Waals surface area contributed by atoms with Crippen molar-refractivity contribution in [2.45, 2.75) is 44.6 Å². The summed E-state index contributed by atoms with van der Waals surface area (Å²) in [4.78, 5) is 7.00. The number of amidine groups is 1. The van der Waals surface area contributed by atoms with Crippen molar-refractivity contribution >= 4 is 5.84 Å². The van der Waals surface area contributed by atoms with Gasteiger partial charge in [0.05, 0.1) is 12.2 Å². The lowest BCUT2D eigenvalue weighted by atomic mass is 10.1. The molecule has 0 aromatic carbocycles. The summed E-state index contributed by atoms with van der Waals surface area (Å²) in [7, 11) is 2.17. The first kappa shape index (κ1) is 14.3. The van der Waals surface area contributed by atoms with E-state index in [4.69, 9.17) is 15.9 Å². The van der Waals surface area contributed by atoms with Crippen molar-refractivity contribution in [3.05, 3.63) is 22.9 Å². The summed E-state index contributed by atoms with van der Waals surface area (Å²) in [5.74, 6) is 0.592. The van der Waals surface area contributed by atoms with Crippen LogP contribution in [0.3, 0.4) is 0 Å². The topological polar surface area (TPSA) is 75.2 Å². The number of pyridine rings is 1. The van der Waals surface area contributed by atoms with Crippen LogP contribution in [-0.2, 0) is 12.8 Å². The molecule has 1 aliphatic heterocycles. The molecule has 0 saturated carbocycles. The highest BCUT2D eigenvalue weighted by Crippen LogP contribution is 2.27. The van der Waals surface area contributed by atoms with Crippen LogP contribution >= 0.6 is 0 Å². The maximum absolute atomic E-state index is 7.72. The SMILES string of the molecule is CN1CCCC1CCOc1nc2c(cc1C(=N)N)CCC2. The molecule has 21 heavy (non-hydrogen) atoms. The van der Waals surface area contributed by atoms with Gasteiger partial charge in [-0.3, -0.25) is 5.41 Å². The molecule has 0 bridgehead atoms. The number of aromatic nitrogens is 1. The van der Waals surface area contributed by atoms with E-state index in [9.17, 15) is 0 Å². The molecule has 1 aromatic heterocycles. The Morgan fingerprint density at radius 3 is 3.05 bits per heavy atom. The predicted octanol–water partition coefficient (Wildman–Crippen LogP) is 1.72. The highest BCUT2D eigenvalue weighted by molar-refractivity contribution is 5.97. The number of nitrogen functional groups attached to an aromatic ring is 1. The van der Waals surface area contributed by atoms with Crippen LogP contribution in [0.2, 0.25) is 0 Å². The van der Waals surface area contributed by atoms with Gasteiger partial charge in [-0.15, -0.1) is 0 Å². The van der Waals surface area contributed by atoms with Gasteiger partial charge in [0.1, 0.15) is 5.84 Å². The summed E-state index contributed by atoms with van der Waals surface area (Å²) >= 11 is 0. The van der Waals surface area contributed by atoms with E-state index in [0.717, 1.165) is 31.4 Å². The zero-order valence-corrected chi connectivity index (χ0v) is 12.7. The second-order valence-corrected chi connectivity index (χ2v) is 6.13. The van der Waals surface area contributed by atoms with Gasteiger partial charge in [0.15, 0.2) is 0 Å². The number of nitrogens with two attached hydrogens (primary N) is 1. The molecule has 1 atom stereocenters. The van der Waals surface area contributed by atoms with Gasteiger partial charge >= 0.3 is 0 Å². The number of rotatable bonds is 5. The third kappa shape index (κ3) is 3.02. The number of ether oxygens (including phenoxy) is 1. The molecule has 0 spiro atoms. The summed E-state index contributed by atoms with van der Waals surface area (Å²) in [5, 5.41) is 7.72. The Kier molecular flexibility index (Phi) is 4.10. The standard InChI is InChI=1S/C16H24N4O/c1-20-8-3-5-12(20)7-9-21-16-13(15(17)18)10-11-4-2-6-14(11)19-16/h10,12H,2-9H2,1H3,(H3,17,18). The highest BCUT2D eigenvalue weighted by atomic mass is 16.5. The predicted molar refractivity (Wildman–Crippen MR) is 83.0 cm³/mol. The third-order valence-corrected chi connectivity index (χ3v) is 4.67. The van der Waals surface area contributed by atoms with Gasteiger partial charge < -0.3 is 15.4 Å². The van der Waals surface area contributed by atoms with Crippen LogP contribution in [0.4, 0.5) is 0 Å². The molecule has 3 rings (SSSR count). The van der Waals surface area contributed by atoms with E-state index in [-0.39, 0.29) is 5.84 Å². The van der Waals surface area contributed by atoms with E-state index >= 15 is 0 Å². The number of hydrogen-bond acceptors (Lipinski definition) is 4. The van der Waals surface area contributed by atoms with Gasteiger partial charge in [-0.25, -0.2) is 4.98 Å². The van der Waals surface area contributed by atoms with Crippen LogP contribution in [0.15, 0.2) is 6.07 Å². The average molecular weight is 288 g/mol. The van der Waals surface area contributed by atoms with Gasteiger partial charge in [-0.1, -0.05) is 0 Å². The fourth-order valence-electron chi connectivity index (χ4n) is 3.39. The third-order valence-electron chi connectivity index (χ3n) is 4.67. The van der Waals surface area contributed by atoms with Crippen molar-refractivity contribution < 1.29 is 4.74 Å². The number of hydrogen-bond donors (Lipinski definition) is 2. The lowest BCUT2D eigenvalue weighted by Gasteiger charge is -2.19. The Morgan fingerprint density at radius 1 is 1.48 bits per heavy atom. The van der Waals surface area contributed by atoms with E-state index in [0.29, 0.717) is 24.1 Å². The first-order valence-electron chi connectivity index (χ1n) is 7.85. The van der Waals surface area contributed by atoms with Crippen LogP contribution in [0.25, 0.3) is 0 Å². The van der Waals surface area contributed by atoms with Crippen LogP contribution < -0.4 is 10.5 Å². The summed E-state index contributed by atoms with van der Waals surface area (Å²) in [6, 6.07) is 2.61. The lowest BCUT2D eigenvalue weighted by molar-refractivity contribution is 0.228. The second kappa shape index (κ2) is 6.02. The molecule has 5 heteroatoms. The zero-order chi connectivity index (χ0) is 14.8. The number of likely N-dealkylation sites (tertiary alicyclic amines) is 1. The molecule has 1 unspecified atom stereocenters. The fraction of sp³-hybridized carbons (Fsp3) is 0.625. The summed E-state index contributed by atoms with van der Waals surface area (Å²) < 4.78 is 5.88. The molecule has 3 N–H and O–H groups in total. The van der Waals surface area contributed by atoms with Crippen molar-refractivity contribution in [1.29, 1.82) is 5.41 Å². The van der Waals surface area contributed by atoms with Crippen molar-refractivity contribution in [2.75, 3.05) is 20.2 Å². The monoisotopic (exact) mass is 288 g/mol. The molecule has 114 valence electrons. The Balaban J connectivity index is 1.68. The molecule has 0 radical (unpaired) electrons. The van der Waals surface area contributed by atoms with E-state index in [1.165, 1.54) is 24.9 Å². The molecular formula is C16H24N4O. The molecule has 0 amide bonds. The van der Waals surface area contributed by atoms with Gasteiger partial charge in [-0.05, 0) is 63.7 Å². The van der Waals surface area contributed by atoms with Crippen molar-refractivity contribution in [1.82, 2.24) is 9.88 Å². The molecule has 1 aliphatic carbocycles. The van der Waals surface area contributed by atoms with Crippen LogP contribution in [0.5, 0.6) is 5.88 Å². The Bertz CT molecular complexity index is 543. The minimum absolute atomic E-state index is 0.0465. The van der Waals surface area contributed by atoms with Crippen LogP contribution in [0, 0.1) is 5.41 Å². The van der Waals surface area contributed by atoms with Crippen molar-refractivity contribution in [3.63, 3.8) is 0 Å². The van der Waals surface area contributed by atoms with Gasteiger partial charge in [-0.2, -0.15) is 0 Å². The van der Waals surface area contributed by atoms with E-state index in [1.54, 1.807) is 0 Å². The highest BCUT2D eigenvalue weighted by Gasteiger charge is 2.22. The Morgan fingerprint density at radius 2 is 2.33 bits per heavy atom. The van der Waals surface area contributed by atoms with Gasteiger partial charge in [0.25, 0.3) is 0 Å². The summed E-state index contributed by atoms with van der Waals surface area (Å²) in [6.45, 7) is 1.82. The second-order valence-electron chi connectivity index (χ2n) is 6.13. The molecule has 5 nitrogen and oxygen atoms in total. The van der Waals surface area contributed by atoms with Gasteiger partial charge in [0.2, 0.25) is 5.88 Å². The molecule has 2 heterocycles. The molecular weight excluding hydrogens is 264 g/mol. The van der Waals surface area contributed by atoms with Crippen molar-refractivity contribution in [2.24, 2.45) is 5.73 Å². The lowest BCUT2D eigenvalue weighted by Crippen LogP contribution is -2.27. The Labute approximate surface area is 126 Å². The quantitative estimate of drug-likeness (QED) is 0.639. The number of aryl methyl sites for hydroxylation is 2. The number of nitrogens with one attached hydrogen (secondary N) is 1. The fourth-order valence-corrected chi connectivity index (χ4v) is 3.39. The molecule has 1 aromatic rings. The smallest absolute Gasteiger partial charge is 0.224 e. The minimum Gasteiger partial charge on any atom is -0.477 e. The maximum atomic E-state index is 7.72. The first-order chi connectivity index (χ1) is 10.1. The summed E-state index contributed by atoms with van der Waals surface area (Å²) in [5.41, 5.74) is 8.67. The van der Waals surface area contributed by atoms with E-state index in [2.05, 4.69) is 16.9 Å². The maximum Gasteiger partial charge on any atom is 0.224 e. The minimum atomic E-state index is 0.0465. The van der Waals surface area contributed by atoms with Crippen molar-refractivity contribution in [3.8, 4) is 5.88 Å². The number of fused-ring (bicyclic) bond motifs is 1. The molecule has 2 aliphatic rings. The Hall–Kier alpha value is -1.62. The largest absolute Gasteiger partial charge is 0.477 e. The van der Waals surface area contributed by atoms with E-state index in [1.807, 2.05) is 6.07 Å². The molecule has 1 fully saturated rings. The molecule has 1 saturated heterocycles. The normalized spacial score (nSPS) is 21.5. The van der Waals surface area contributed by atoms with E-state index < -0.39 is 0 Å². The first-order valence-corrected chi connectivity index (χ1v) is 7.85. The van der Waals surface area contributed by atoms with Gasteiger partial charge in [0, 0.05) is 11.7 Å². The number of nitrogens with zero attached hydrogens (tertiary/aromatic N) is 2. The zero-order valence-electron chi connectivity index (χ0n) is 12.7.